The van der Waals surface area contributed by atoms with E-state index in [-0.39, 0.29) is 21.7 Å². The molecule has 0 saturated carbocycles. The van der Waals surface area contributed by atoms with Crippen LogP contribution in [0.1, 0.15) is 11.1 Å². The van der Waals surface area contributed by atoms with Gasteiger partial charge < -0.3 is 5.32 Å². The van der Waals surface area contributed by atoms with E-state index in [4.69, 9.17) is 0 Å². The summed E-state index contributed by atoms with van der Waals surface area (Å²) in [6, 6.07) is 14.0. The Morgan fingerprint density at radius 3 is 2.55 bits per heavy atom. The first kappa shape index (κ1) is 20.8. The van der Waals surface area contributed by atoms with Crippen molar-refractivity contribution in [2.24, 2.45) is 0 Å². The van der Waals surface area contributed by atoms with Gasteiger partial charge in [-0.15, -0.1) is 0 Å². The van der Waals surface area contributed by atoms with Crippen LogP contribution >= 0.6 is 0 Å². The van der Waals surface area contributed by atoms with E-state index in [9.17, 15) is 22.0 Å². The van der Waals surface area contributed by atoms with Crippen molar-refractivity contribution in [1.82, 2.24) is 8.96 Å². The van der Waals surface area contributed by atoms with Crippen LogP contribution in [0.15, 0.2) is 84.1 Å². The second-order valence-electron chi connectivity index (χ2n) is 7.33. The van der Waals surface area contributed by atoms with Crippen LogP contribution in [0, 0.1) is 11.6 Å². The van der Waals surface area contributed by atoms with E-state index in [1.807, 2.05) is 0 Å². The molecule has 1 N–H and O–H groups in total. The zero-order valence-electron chi connectivity index (χ0n) is 16.9. The van der Waals surface area contributed by atoms with Crippen LogP contribution in [0.2, 0.25) is 0 Å². The van der Waals surface area contributed by atoms with Gasteiger partial charge in [0.25, 0.3) is 15.9 Å². The monoisotopic (exact) mass is 463 g/mol. The molecule has 1 aliphatic heterocycles. The number of amides is 1. The van der Waals surface area contributed by atoms with E-state index in [0.29, 0.717) is 16.8 Å². The molecule has 2 aromatic heterocycles. The Bertz CT molecular complexity index is 1540. The molecule has 0 bridgehead atoms. The molecule has 0 fully saturated rings. The molecular formula is C24H15F2N3O3S. The minimum Gasteiger partial charge on any atom is -0.321 e. The van der Waals surface area contributed by atoms with Crippen molar-refractivity contribution in [3.8, 4) is 11.3 Å². The minimum atomic E-state index is -4.13. The maximum absolute atomic E-state index is 14.6. The van der Waals surface area contributed by atoms with E-state index in [2.05, 4.69) is 10.3 Å². The highest BCUT2D eigenvalue weighted by molar-refractivity contribution is 7.90. The summed E-state index contributed by atoms with van der Waals surface area (Å²) in [6.45, 7) is 0. The number of pyridine rings is 1. The van der Waals surface area contributed by atoms with E-state index in [0.717, 1.165) is 3.97 Å². The summed E-state index contributed by atoms with van der Waals surface area (Å²) in [4.78, 5) is 16.3. The maximum Gasteiger partial charge on any atom is 0.269 e. The van der Waals surface area contributed by atoms with E-state index in [1.54, 1.807) is 6.07 Å². The Labute approximate surface area is 187 Å². The fourth-order valence-corrected chi connectivity index (χ4v) is 5.03. The molecule has 5 rings (SSSR count). The number of nitrogens with one attached hydrogen (secondary N) is 1. The van der Waals surface area contributed by atoms with Gasteiger partial charge in [-0.1, -0.05) is 12.1 Å². The summed E-state index contributed by atoms with van der Waals surface area (Å²) in [5.41, 5.74) is 1.43. The highest BCUT2D eigenvalue weighted by atomic mass is 32.2. The lowest BCUT2D eigenvalue weighted by atomic mass is 10.0. The van der Waals surface area contributed by atoms with Crippen LogP contribution in [0.4, 0.5) is 14.5 Å². The first-order valence-electron chi connectivity index (χ1n) is 9.80. The average Bonchev–Trinajstić information content (AvgIpc) is 3.36. The van der Waals surface area contributed by atoms with Crippen LogP contribution in [-0.2, 0) is 14.8 Å². The number of anilines is 1. The van der Waals surface area contributed by atoms with Crippen LogP contribution in [0.25, 0.3) is 22.9 Å². The molecule has 0 atom stereocenters. The van der Waals surface area contributed by atoms with Crippen molar-refractivity contribution in [3.63, 3.8) is 0 Å². The molecule has 0 saturated heterocycles. The predicted molar refractivity (Wildman–Crippen MR) is 120 cm³/mol. The summed E-state index contributed by atoms with van der Waals surface area (Å²) in [6.07, 6.45) is 5.38. The molecule has 164 valence electrons. The average molecular weight is 463 g/mol. The molecule has 0 spiro atoms. The second-order valence-corrected chi connectivity index (χ2v) is 9.15. The summed E-state index contributed by atoms with van der Waals surface area (Å²) < 4.78 is 56.1. The van der Waals surface area contributed by atoms with Crippen LogP contribution in [0.3, 0.4) is 0 Å². The molecule has 4 aromatic rings. The van der Waals surface area contributed by atoms with Gasteiger partial charge in [0, 0.05) is 41.0 Å². The minimum absolute atomic E-state index is 0.0666. The lowest BCUT2D eigenvalue weighted by molar-refractivity contribution is -0.110. The SMILES string of the molecule is O=C1Nc2ccc(F)cc2C1=Cc1cc(-c2ccccc2F)n(S(=O)(=O)c2cccnc2)c1. The standard InChI is InChI=1S/C24H15F2N3O3S/c25-16-7-8-22-19(12-16)20(24(30)28-22)10-15-11-23(18-5-1-2-6-21(18)26)29(14-15)33(31,32)17-4-3-9-27-13-17/h1-14H,(H,28,30). The summed E-state index contributed by atoms with van der Waals surface area (Å²) in [7, 11) is -4.13. The Kier molecular flexibility index (Phi) is 4.90. The third-order valence-corrected chi connectivity index (χ3v) is 6.88. The summed E-state index contributed by atoms with van der Waals surface area (Å²) >= 11 is 0. The zero-order chi connectivity index (χ0) is 23.2. The molecule has 1 aliphatic rings. The largest absolute Gasteiger partial charge is 0.321 e. The normalized spacial score (nSPS) is 14.4. The smallest absolute Gasteiger partial charge is 0.269 e. The van der Waals surface area contributed by atoms with Crippen molar-refractivity contribution in [2.75, 3.05) is 5.32 Å². The number of carbonyl (C=O) groups is 1. The quantitative estimate of drug-likeness (QED) is 0.450. The first-order chi connectivity index (χ1) is 15.8. The summed E-state index contributed by atoms with van der Waals surface area (Å²) in [5.74, 6) is -1.57. The highest BCUT2D eigenvalue weighted by Crippen LogP contribution is 2.35. The van der Waals surface area contributed by atoms with Gasteiger partial charge in [-0.2, -0.15) is 0 Å². The fourth-order valence-electron chi connectivity index (χ4n) is 3.69. The van der Waals surface area contributed by atoms with Crippen LogP contribution in [0.5, 0.6) is 0 Å². The van der Waals surface area contributed by atoms with Crippen molar-refractivity contribution in [3.05, 3.63) is 102 Å². The molecule has 0 unspecified atom stereocenters. The number of aromatic nitrogens is 2. The van der Waals surface area contributed by atoms with Gasteiger partial charge in [-0.25, -0.2) is 21.2 Å². The number of fused-ring (bicyclic) bond motifs is 1. The van der Waals surface area contributed by atoms with Crippen molar-refractivity contribution >= 4 is 33.3 Å². The number of rotatable bonds is 4. The number of benzene rings is 2. The van der Waals surface area contributed by atoms with Crippen LogP contribution in [-0.4, -0.2) is 23.3 Å². The first-order valence-corrected chi connectivity index (χ1v) is 11.2. The molecule has 6 nitrogen and oxygen atoms in total. The highest BCUT2D eigenvalue weighted by Gasteiger charge is 2.27. The van der Waals surface area contributed by atoms with E-state index < -0.39 is 27.6 Å². The molecule has 1 amide bonds. The number of halogens is 2. The fraction of sp³-hybridized carbons (Fsp3) is 0. The lowest BCUT2D eigenvalue weighted by Crippen LogP contribution is -2.13. The molecule has 33 heavy (non-hydrogen) atoms. The van der Waals surface area contributed by atoms with Gasteiger partial charge in [-0.3, -0.25) is 9.78 Å². The molecule has 2 aromatic carbocycles. The molecule has 9 heteroatoms. The molecule has 0 radical (unpaired) electrons. The number of carbonyl (C=O) groups excluding carboxylic acids is 1. The number of hydrogen-bond acceptors (Lipinski definition) is 4. The Morgan fingerprint density at radius 2 is 1.79 bits per heavy atom. The van der Waals surface area contributed by atoms with Crippen molar-refractivity contribution in [2.45, 2.75) is 4.90 Å². The van der Waals surface area contributed by atoms with Gasteiger partial charge in [0.15, 0.2) is 0 Å². The zero-order valence-corrected chi connectivity index (χ0v) is 17.7. The third-order valence-electron chi connectivity index (χ3n) is 5.22. The third kappa shape index (κ3) is 3.62. The topological polar surface area (TPSA) is 81.1 Å². The Morgan fingerprint density at radius 1 is 0.970 bits per heavy atom. The second kappa shape index (κ2) is 7.79. The van der Waals surface area contributed by atoms with Gasteiger partial charge >= 0.3 is 0 Å². The molecule has 0 aliphatic carbocycles. The van der Waals surface area contributed by atoms with E-state index in [1.165, 1.54) is 79.3 Å². The Hall–Kier alpha value is -4.11. The van der Waals surface area contributed by atoms with Gasteiger partial charge in [0.05, 0.1) is 5.69 Å². The van der Waals surface area contributed by atoms with Gasteiger partial charge in [0.2, 0.25) is 0 Å². The van der Waals surface area contributed by atoms with E-state index >= 15 is 0 Å². The lowest BCUT2D eigenvalue weighted by Gasteiger charge is -2.10. The van der Waals surface area contributed by atoms with Crippen molar-refractivity contribution in [1.29, 1.82) is 0 Å². The number of hydrogen-bond donors (Lipinski definition) is 1. The van der Waals surface area contributed by atoms with Gasteiger partial charge in [0.1, 0.15) is 16.5 Å². The summed E-state index contributed by atoms with van der Waals surface area (Å²) in [5, 5.41) is 2.65. The van der Waals surface area contributed by atoms with Gasteiger partial charge in [-0.05, 0) is 60.2 Å². The van der Waals surface area contributed by atoms with Crippen molar-refractivity contribution < 1.29 is 22.0 Å². The van der Waals surface area contributed by atoms with Crippen LogP contribution < -0.4 is 5.32 Å². The molecule has 3 heterocycles. The maximum atomic E-state index is 14.6. The Balaban J connectivity index is 1.72. The predicted octanol–water partition coefficient (Wildman–Crippen LogP) is 4.56. The number of nitrogens with zero attached hydrogens (tertiary/aromatic N) is 2. The molecular weight excluding hydrogens is 448 g/mol.